The van der Waals surface area contributed by atoms with Gasteiger partial charge in [0.05, 0.1) is 0 Å². The van der Waals surface area contributed by atoms with Gasteiger partial charge in [0.25, 0.3) is 0 Å². The number of hydrogen-bond acceptors (Lipinski definition) is 5. The van der Waals surface area contributed by atoms with Crippen molar-refractivity contribution in [1.82, 2.24) is 15.3 Å². The predicted molar refractivity (Wildman–Crippen MR) is 98.3 cm³/mol. The van der Waals surface area contributed by atoms with Crippen LogP contribution in [0.25, 0.3) is 0 Å². The van der Waals surface area contributed by atoms with Crippen LogP contribution in [0.15, 0.2) is 29.4 Å². The van der Waals surface area contributed by atoms with Crippen LogP contribution in [0.5, 0.6) is 0 Å². The van der Waals surface area contributed by atoms with E-state index in [1.165, 1.54) is 11.1 Å². The summed E-state index contributed by atoms with van der Waals surface area (Å²) in [5.74, 6) is 0.688. The number of benzene rings is 1. The zero-order chi connectivity index (χ0) is 17.6. The maximum Gasteiger partial charge on any atom is 0.420 e. The molecule has 0 spiro atoms. The maximum atomic E-state index is 13.0. The summed E-state index contributed by atoms with van der Waals surface area (Å²) in [4.78, 5) is 7.92. The topological polar surface area (TPSA) is 49.8 Å². The van der Waals surface area contributed by atoms with E-state index >= 15 is 0 Å². The van der Waals surface area contributed by atoms with E-state index in [1.807, 2.05) is 12.1 Å². The van der Waals surface area contributed by atoms with Gasteiger partial charge in [0.1, 0.15) is 10.6 Å². The van der Waals surface area contributed by atoms with Crippen molar-refractivity contribution in [2.75, 3.05) is 11.1 Å². The van der Waals surface area contributed by atoms with Gasteiger partial charge in [-0.2, -0.15) is 13.2 Å². The number of thioether (sulfide) groups is 1. The molecule has 2 bridgehead atoms. The van der Waals surface area contributed by atoms with Gasteiger partial charge < -0.3 is 10.6 Å². The first kappa shape index (κ1) is 19.3. The van der Waals surface area contributed by atoms with Gasteiger partial charge in [-0.1, -0.05) is 13.0 Å². The Morgan fingerprint density at radius 2 is 1.96 bits per heavy atom. The molecule has 9 heteroatoms. The standard InChI is InChI=1S/C17H17F3N4S.ClH/c1-2-25-15-12(17(18,19)20)8-21-16(24-15)22-9-3-4-10-11(7-9)14-6-5-13(10)23-14;/h3-4,7-8,13-14,23H,2,5-6H2,1H3,(H,21,22,24);1H/t13-,14+;/m0./s1. The number of fused-ring (bicyclic) bond motifs is 5. The second-order valence-electron chi connectivity index (χ2n) is 6.16. The molecule has 4 nitrogen and oxygen atoms in total. The lowest BCUT2D eigenvalue weighted by molar-refractivity contribution is -0.140. The van der Waals surface area contributed by atoms with Crippen LogP contribution in [0.4, 0.5) is 24.8 Å². The molecule has 2 aliphatic rings. The monoisotopic (exact) mass is 402 g/mol. The van der Waals surface area contributed by atoms with Crippen molar-refractivity contribution >= 4 is 35.8 Å². The Morgan fingerprint density at radius 1 is 1.23 bits per heavy atom. The first-order chi connectivity index (χ1) is 12.0. The fourth-order valence-corrected chi connectivity index (χ4v) is 4.25. The number of rotatable bonds is 4. The Balaban J connectivity index is 0.00000196. The van der Waals surface area contributed by atoms with Crippen molar-refractivity contribution in [3.8, 4) is 0 Å². The van der Waals surface area contributed by atoms with E-state index in [2.05, 4.69) is 26.7 Å². The van der Waals surface area contributed by atoms with Crippen LogP contribution in [-0.4, -0.2) is 15.7 Å². The second kappa shape index (κ2) is 7.25. The van der Waals surface area contributed by atoms with E-state index in [0.29, 0.717) is 17.8 Å². The summed E-state index contributed by atoms with van der Waals surface area (Å²) in [5.41, 5.74) is 2.58. The highest BCUT2D eigenvalue weighted by Crippen LogP contribution is 2.45. The van der Waals surface area contributed by atoms with Crippen LogP contribution in [0.3, 0.4) is 0 Å². The molecule has 1 aromatic carbocycles. The summed E-state index contributed by atoms with van der Waals surface area (Å²) >= 11 is 1.06. The maximum absolute atomic E-state index is 13.0. The number of aromatic nitrogens is 2. The van der Waals surface area contributed by atoms with E-state index in [0.717, 1.165) is 36.5 Å². The third kappa shape index (κ3) is 3.50. The van der Waals surface area contributed by atoms with Gasteiger partial charge in [0, 0.05) is 24.0 Å². The molecule has 2 N–H and O–H groups in total. The number of alkyl halides is 3. The van der Waals surface area contributed by atoms with Crippen molar-refractivity contribution in [3.63, 3.8) is 0 Å². The SMILES string of the molecule is CCSc1nc(Nc2ccc3c(c2)[C@H]2CC[C@@H]3N2)ncc1C(F)(F)F.Cl. The van der Waals surface area contributed by atoms with Gasteiger partial charge in [-0.3, -0.25) is 0 Å². The molecule has 0 saturated carbocycles. The van der Waals surface area contributed by atoms with Gasteiger partial charge in [-0.25, -0.2) is 9.97 Å². The molecule has 2 aromatic rings. The lowest BCUT2D eigenvalue weighted by Crippen LogP contribution is -2.11. The van der Waals surface area contributed by atoms with Gasteiger partial charge in [-0.15, -0.1) is 24.2 Å². The molecule has 1 saturated heterocycles. The van der Waals surface area contributed by atoms with Crippen LogP contribution >= 0.6 is 24.2 Å². The van der Waals surface area contributed by atoms with Gasteiger partial charge in [-0.05, 0) is 41.9 Å². The third-order valence-corrected chi connectivity index (χ3v) is 5.45. The first-order valence-corrected chi connectivity index (χ1v) is 9.18. The first-order valence-electron chi connectivity index (χ1n) is 8.19. The lowest BCUT2D eigenvalue weighted by atomic mass is 9.91. The number of anilines is 2. The fourth-order valence-electron chi connectivity index (χ4n) is 3.50. The minimum absolute atomic E-state index is 0. The lowest BCUT2D eigenvalue weighted by Gasteiger charge is -2.16. The smallest absolute Gasteiger partial charge is 0.324 e. The number of hydrogen-bond donors (Lipinski definition) is 2. The van der Waals surface area contributed by atoms with E-state index in [1.54, 1.807) is 6.92 Å². The summed E-state index contributed by atoms with van der Waals surface area (Å²) in [6.45, 7) is 1.79. The largest absolute Gasteiger partial charge is 0.420 e. The van der Waals surface area contributed by atoms with Crippen LogP contribution < -0.4 is 10.6 Å². The van der Waals surface area contributed by atoms with Crippen LogP contribution in [-0.2, 0) is 6.18 Å². The highest BCUT2D eigenvalue weighted by molar-refractivity contribution is 7.99. The van der Waals surface area contributed by atoms with Gasteiger partial charge in [0.15, 0.2) is 0 Å². The Hall–Kier alpha value is -1.51. The Morgan fingerprint density at radius 3 is 2.65 bits per heavy atom. The number of nitrogens with one attached hydrogen (secondary N) is 2. The second-order valence-corrected chi connectivity index (χ2v) is 7.41. The molecule has 2 atom stereocenters. The van der Waals surface area contributed by atoms with Crippen molar-refractivity contribution in [3.05, 3.63) is 41.1 Å². The molecule has 0 aliphatic carbocycles. The van der Waals surface area contributed by atoms with E-state index in [-0.39, 0.29) is 23.4 Å². The van der Waals surface area contributed by atoms with E-state index < -0.39 is 11.7 Å². The van der Waals surface area contributed by atoms with Crippen molar-refractivity contribution < 1.29 is 13.2 Å². The Bertz CT molecular complexity index is 815. The molecule has 1 fully saturated rings. The number of halogens is 4. The average Bonchev–Trinajstić information content (AvgIpc) is 3.16. The normalized spacial score (nSPS) is 20.6. The average molecular weight is 403 g/mol. The van der Waals surface area contributed by atoms with Gasteiger partial charge in [0.2, 0.25) is 5.95 Å². The predicted octanol–water partition coefficient (Wildman–Crippen LogP) is 5.25. The van der Waals surface area contributed by atoms with E-state index in [4.69, 9.17) is 0 Å². The minimum atomic E-state index is -4.45. The molecule has 140 valence electrons. The Labute approximate surface area is 159 Å². The van der Waals surface area contributed by atoms with Crippen molar-refractivity contribution in [1.29, 1.82) is 0 Å². The van der Waals surface area contributed by atoms with Crippen molar-refractivity contribution in [2.45, 2.75) is 43.1 Å². The van der Waals surface area contributed by atoms with Crippen LogP contribution in [0.1, 0.15) is 48.5 Å². The van der Waals surface area contributed by atoms with Gasteiger partial charge >= 0.3 is 6.18 Å². The minimum Gasteiger partial charge on any atom is -0.324 e. The zero-order valence-corrected chi connectivity index (χ0v) is 15.6. The molecule has 3 heterocycles. The summed E-state index contributed by atoms with van der Waals surface area (Å²) in [7, 11) is 0. The fraction of sp³-hybridized carbons (Fsp3) is 0.412. The van der Waals surface area contributed by atoms with Crippen molar-refractivity contribution in [2.24, 2.45) is 0 Å². The molecular formula is C17H18ClF3N4S. The quantitative estimate of drug-likeness (QED) is 0.540. The summed E-state index contributed by atoms with van der Waals surface area (Å²) < 4.78 is 39.1. The summed E-state index contributed by atoms with van der Waals surface area (Å²) in [6, 6.07) is 6.85. The molecule has 26 heavy (non-hydrogen) atoms. The van der Waals surface area contributed by atoms with Crippen LogP contribution in [0.2, 0.25) is 0 Å². The molecule has 0 radical (unpaired) electrons. The summed E-state index contributed by atoms with van der Waals surface area (Å²) in [5, 5.41) is 6.54. The molecule has 0 unspecified atom stereocenters. The summed E-state index contributed by atoms with van der Waals surface area (Å²) in [6.07, 6.45) is -1.32. The highest BCUT2D eigenvalue weighted by Gasteiger charge is 2.36. The highest BCUT2D eigenvalue weighted by atomic mass is 35.5. The zero-order valence-electron chi connectivity index (χ0n) is 13.9. The van der Waals surface area contributed by atoms with Crippen LogP contribution in [0, 0.1) is 0 Å². The molecule has 0 amide bonds. The molecular weight excluding hydrogens is 385 g/mol. The number of nitrogens with zero attached hydrogens (tertiary/aromatic N) is 2. The van der Waals surface area contributed by atoms with E-state index in [9.17, 15) is 13.2 Å². The Kier molecular flexibility index (Phi) is 5.37. The molecule has 1 aromatic heterocycles. The molecule has 2 aliphatic heterocycles. The third-order valence-electron chi connectivity index (χ3n) is 4.58. The molecule has 4 rings (SSSR count).